The van der Waals surface area contributed by atoms with Crippen molar-refractivity contribution in [1.29, 1.82) is 0 Å². The van der Waals surface area contributed by atoms with Crippen LogP contribution in [0.1, 0.15) is 46.7 Å². The van der Waals surface area contributed by atoms with Gasteiger partial charge >= 0.3 is 0 Å². The van der Waals surface area contributed by atoms with Crippen LogP contribution in [0.15, 0.2) is 71.1 Å². The third-order valence-corrected chi connectivity index (χ3v) is 4.22. The average Bonchev–Trinajstić information content (AvgIpc) is 3.32. The lowest BCUT2D eigenvalue weighted by molar-refractivity contribution is -0.119. The maximum atomic E-state index is 12.2. The van der Waals surface area contributed by atoms with Crippen LogP contribution < -0.4 is 16.0 Å². The molecule has 0 aliphatic rings. The van der Waals surface area contributed by atoms with Crippen molar-refractivity contribution in [2.24, 2.45) is 0 Å². The van der Waals surface area contributed by atoms with Gasteiger partial charge in [0.1, 0.15) is 5.76 Å². The summed E-state index contributed by atoms with van der Waals surface area (Å²) >= 11 is 0. The molecule has 1 heterocycles. The van der Waals surface area contributed by atoms with Crippen LogP contribution in [0.2, 0.25) is 0 Å². The standard InChI is InChI=1S/C22H21N3O4.C3H8/c1-23-20(26)14-25-22(28)19-11-10-18(29-19)17-9-5-6-15(12-17)13-24-21(27)16-7-3-2-4-8-16;1-3-2/h2-12H,13-14H2,1H3,(H,23,26)(H,24,27)(H,25,28);3H2,1-2H3. The molecule has 3 rings (SSSR count). The van der Waals surface area contributed by atoms with Crippen LogP contribution in [-0.4, -0.2) is 31.3 Å². The summed E-state index contributed by atoms with van der Waals surface area (Å²) in [5.41, 5.74) is 2.28. The van der Waals surface area contributed by atoms with Gasteiger partial charge in [-0.25, -0.2) is 0 Å². The lowest BCUT2D eigenvalue weighted by Gasteiger charge is -2.07. The summed E-state index contributed by atoms with van der Waals surface area (Å²) in [7, 11) is 1.49. The fraction of sp³-hybridized carbons (Fsp3) is 0.240. The minimum Gasteiger partial charge on any atom is -0.451 e. The zero-order valence-electron chi connectivity index (χ0n) is 18.6. The predicted molar refractivity (Wildman–Crippen MR) is 124 cm³/mol. The number of benzene rings is 2. The smallest absolute Gasteiger partial charge is 0.287 e. The highest BCUT2D eigenvalue weighted by Crippen LogP contribution is 2.23. The van der Waals surface area contributed by atoms with Gasteiger partial charge in [-0.05, 0) is 35.9 Å². The van der Waals surface area contributed by atoms with Gasteiger partial charge in [0.25, 0.3) is 11.8 Å². The third kappa shape index (κ3) is 7.43. The van der Waals surface area contributed by atoms with Crippen LogP contribution in [0.25, 0.3) is 11.3 Å². The number of furan rings is 1. The van der Waals surface area contributed by atoms with Crippen molar-refractivity contribution < 1.29 is 18.8 Å². The van der Waals surface area contributed by atoms with Gasteiger partial charge in [0.15, 0.2) is 5.76 Å². The summed E-state index contributed by atoms with van der Waals surface area (Å²) in [4.78, 5) is 35.5. The Morgan fingerprint density at radius 3 is 2.25 bits per heavy atom. The SMILES string of the molecule is CCC.CNC(=O)CNC(=O)c1ccc(-c2cccc(CNC(=O)c3ccccc3)c2)o1. The van der Waals surface area contributed by atoms with Crippen molar-refractivity contribution in [3.63, 3.8) is 0 Å². The van der Waals surface area contributed by atoms with E-state index in [2.05, 4.69) is 29.8 Å². The van der Waals surface area contributed by atoms with E-state index in [4.69, 9.17) is 4.42 Å². The Morgan fingerprint density at radius 2 is 1.56 bits per heavy atom. The third-order valence-electron chi connectivity index (χ3n) is 4.22. The molecule has 0 fully saturated rings. The molecule has 0 bridgehead atoms. The van der Waals surface area contributed by atoms with Crippen molar-refractivity contribution in [3.8, 4) is 11.3 Å². The van der Waals surface area contributed by atoms with E-state index in [1.165, 1.54) is 13.5 Å². The van der Waals surface area contributed by atoms with Gasteiger partial charge in [-0.2, -0.15) is 0 Å². The van der Waals surface area contributed by atoms with E-state index in [1.807, 2.05) is 42.5 Å². The molecule has 0 unspecified atom stereocenters. The lowest BCUT2D eigenvalue weighted by atomic mass is 10.1. The summed E-state index contributed by atoms with van der Waals surface area (Å²) in [6.45, 7) is 4.49. The molecule has 0 aliphatic heterocycles. The van der Waals surface area contributed by atoms with Gasteiger partial charge in [0.05, 0.1) is 6.54 Å². The summed E-state index contributed by atoms with van der Waals surface area (Å²) in [6.07, 6.45) is 1.25. The Kier molecular flexibility index (Phi) is 9.71. The summed E-state index contributed by atoms with van der Waals surface area (Å²) in [5.74, 6) is -0.274. The highest BCUT2D eigenvalue weighted by molar-refractivity contribution is 5.95. The van der Waals surface area contributed by atoms with E-state index in [0.717, 1.165) is 11.1 Å². The maximum Gasteiger partial charge on any atom is 0.287 e. The maximum absolute atomic E-state index is 12.2. The van der Waals surface area contributed by atoms with Crippen LogP contribution in [0.3, 0.4) is 0 Å². The van der Waals surface area contributed by atoms with Gasteiger partial charge in [-0.15, -0.1) is 0 Å². The molecule has 0 spiro atoms. The van der Waals surface area contributed by atoms with Gasteiger partial charge < -0.3 is 20.4 Å². The Labute approximate surface area is 188 Å². The number of carbonyl (C=O) groups excluding carboxylic acids is 3. The molecular weight excluding hydrogens is 406 g/mol. The molecule has 2 aromatic carbocycles. The molecule has 32 heavy (non-hydrogen) atoms. The number of likely N-dealkylation sites (N-methyl/N-ethyl adjacent to an activating group) is 1. The number of nitrogens with one attached hydrogen (secondary N) is 3. The molecule has 0 saturated heterocycles. The van der Waals surface area contributed by atoms with E-state index < -0.39 is 5.91 Å². The number of hydrogen-bond acceptors (Lipinski definition) is 4. The number of hydrogen-bond donors (Lipinski definition) is 3. The lowest BCUT2D eigenvalue weighted by Crippen LogP contribution is -2.34. The van der Waals surface area contributed by atoms with E-state index in [0.29, 0.717) is 17.9 Å². The van der Waals surface area contributed by atoms with Crippen molar-refractivity contribution in [2.45, 2.75) is 26.8 Å². The second-order valence-electron chi connectivity index (χ2n) is 6.98. The number of amides is 3. The van der Waals surface area contributed by atoms with Crippen molar-refractivity contribution >= 4 is 17.7 Å². The first kappa shape index (κ1) is 24.4. The summed E-state index contributed by atoms with van der Waals surface area (Å²) < 4.78 is 5.62. The van der Waals surface area contributed by atoms with E-state index in [1.54, 1.807) is 24.3 Å². The van der Waals surface area contributed by atoms with Crippen molar-refractivity contribution in [2.75, 3.05) is 13.6 Å². The van der Waals surface area contributed by atoms with E-state index >= 15 is 0 Å². The monoisotopic (exact) mass is 435 g/mol. The minimum absolute atomic E-state index is 0.117. The topological polar surface area (TPSA) is 100 Å². The minimum atomic E-state index is -0.467. The molecule has 0 saturated carbocycles. The van der Waals surface area contributed by atoms with Gasteiger partial charge in [0, 0.05) is 24.7 Å². The van der Waals surface area contributed by atoms with Crippen LogP contribution in [0.5, 0.6) is 0 Å². The molecule has 168 valence electrons. The van der Waals surface area contributed by atoms with Gasteiger partial charge in [-0.3, -0.25) is 14.4 Å². The molecular formula is C25H29N3O4. The van der Waals surface area contributed by atoms with Crippen LogP contribution >= 0.6 is 0 Å². The molecule has 0 radical (unpaired) electrons. The molecule has 3 N–H and O–H groups in total. The first-order valence-electron chi connectivity index (χ1n) is 10.5. The van der Waals surface area contributed by atoms with Gasteiger partial charge in [0.2, 0.25) is 5.91 Å². The molecule has 3 amide bonds. The second-order valence-corrected chi connectivity index (χ2v) is 6.98. The summed E-state index contributed by atoms with van der Waals surface area (Å²) in [6, 6.07) is 19.7. The summed E-state index contributed by atoms with van der Waals surface area (Å²) in [5, 5.41) is 7.79. The molecule has 0 aliphatic carbocycles. The van der Waals surface area contributed by atoms with Crippen LogP contribution in [0, 0.1) is 0 Å². The van der Waals surface area contributed by atoms with Crippen molar-refractivity contribution in [1.82, 2.24) is 16.0 Å². The predicted octanol–water partition coefficient (Wildman–Crippen LogP) is 3.77. The van der Waals surface area contributed by atoms with Crippen LogP contribution in [0.4, 0.5) is 0 Å². The normalized spacial score (nSPS) is 9.84. The molecule has 0 atom stereocenters. The Bertz CT molecular complexity index is 1030. The highest BCUT2D eigenvalue weighted by Gasteiger charge is 2.13. The fourth-order valence-electron chi connectivity index (χ4n) is 2.66. The number of carbonyl (C=O) groups is 3. The Morgan fingerprint density at radius 1 is 0.844 bits per heavy atom. The Balaban J connectivity index is 0.00000114. The second kappa shape index (κ2) is 12.7. The van der Waals surface area contributed by atoms with Gasteiger partial charge in [-0.1, -0.05) is 56.7 Å². The first-order chi connectivity index (χ1) is 15.5. The fourth-order valence-corrected chi connectivity index (χ4v) is 2.66. The first-order valence-corrected chi connectivity index (χ1v) is 10.5. The Hall–Kier alpha value is -3.87. The van der Waals surface area contributed by atoms with Crippen molar-refractivity contribution in [3.05, 3.63) is 83.6 Å². The highest BCUT2D eigenvalue weighted by atomic mass is 16.3. The average molecular weight is 436 g/mol. The quantitative estimate of drug-likeness (QED) is 0.526. The zero-order valence-corrected chi connectivity index (χ0v) is 18.6. The molecule has 1 aromatic heterocycles. The van der Waals surface area contributed by atoms with E-state index in [9.17, 15) is 14.4 Å². The van der Waals surface area contributed by atoms with E-state index in [-0.39, 0.29) is 24.1 Å². The molecule has 7 heteroatoms. The zero-order chi connectivity index (χ0) is 23.3. The van der Waals surface area contributed by atoms with Crippen LogP contribution in [-0.2, 0) is 11.3 Å². The molecule has 3 aromatic rings. The molecule has 7 nitrogen and oxygen atoms in total. The number of rotatable bonds is 7. The largest absolute Gasteiger partial charge is 0.451 e.